The number of aliphatic carboxylic acids is 1. The number of hydrogen-bond acceptors (Lipinski definition) is 1. The molecule has 0 aromatic rings. The highest BCUT2D eigenvalue weighted by Gasteiger charge is 2.25. The lowest BCUT2D eigenvalue weighted by Crippen LogP contribution is -2.08. The second kappa shape index (κ2) is 11.2. The van der Waals surface area contributed by atoms with Gasteiger partial charge in [-0.1, -0.05) is 84.0 Å². The van der Waals surface area contributed by atoms with Gasteiger partial charge in [0, 0.05) is 6.42 Å². The van der Waals surface area contributed by atoms with Gasteiger partial charge in [0.15, 0.2) is 0 Å². The van der Waals surface area contributed by atoms with Gasteiger partial charge >= 0.3 is 5.97 Å². The molecule has 20 heavy (non-hydrogen) atoms. The lowest BCUT2D eigenvalue weighted by Gasteiger charge is -2.19. The van der Waals surface area contributed by atoms with Crippen molar-refractivity contribution in [2.45, 2.75) is 96.8 Å². The third-order valence-electron chi connectivity index (χ3n) is 4.96. The van der Waals surface area contributed by atoms with Gasteiger partial charge in [0.1, 0.15) is 0 Å². The highest BCUT2D eigenvalue weighted by atomic mass is 16.4. The normalized spacial score (nSPS) is 22.2. The molecule has 1 fully saturated rings. The van der Waals surface area contributed by atoms with Crippen LogP contribution in [0.2, 0.25) is 0 Å². The van der Waals surface area contributed by atoms with Gasteiger partial charge in [-0.25, -0.2) is 0 Å². The van der Waals surface area contributed by atoms with Crippen LogP contribution in [0.15, 0.2) is 0 Å². The van der Waals surface area contributed by atoms with Crippen molar-refractivity contribution in [2.75, 3.05) is 0 Å². The Balaban J connectivity index is 1.98. The Morgan fingerprint density at radius 1 is 0.900 bits per heavy atom. The monoisotopic (exact) mass is 282 g/mol. The molecule has 2 heteroatoms. The molecule has 0 bridgehead atoms. The largest absolute Gasteiger partial charge is 0.481 e. The molecule has 2 unspecified atom stereocenters. The third-order valence-corrected chi connectivity index (χ3v) is 4.96. The molecule has 1 rings (SSSR count). The SMILES string of the molecule is CCCCCC1CCCC1CCCCCCCC(=O)O. The van der Waals surface area contributed by atoms with Gasteiger partial charge in [0.05, 0.1) is 0 Å². The highest BCUT2D eigenvalue weighted by molar-refractivity contribution is 5.66. The maximum Gasteiger partial charge on any atom is 0.303 e. The van der Waals surface area contributed by atoms with Gasteiger partial charge < -0.3 is 5.11 Å². The molecule has 1 saturated carbocycles. The molecule has 1 N–H and O–H groups in total. The van der Waals surface area contributed by atoms with E-state index in [0.29, 0.717) is 6.42 Å². The van der Waals surface area contributed by atoms with E-state index in [1.54, 1.807) is 0 Å². The van der Waals surface area contributed by atoms with E-state index in [0.717, 1.165) is 24.7 Å². The Morgan fingerprint density at radius 2 is 1.45 bits per heavy atom. The van der Waals surface area contributed by atoms with Crippen molar-refractivity contribution in [3.05, 3.63) is 0 Å². The lowest BCUT2D eigenvalue weighted by molar-refractivity contribution is -0.137. The van der Waals surface area contributed by atoms with Crippen molar-refractivity contribution in [1.82, 2.24) is 0 Å². The molecular formula is C18H34O2. The molecule has 2 nitrogen and oxygen atoms in total. The minimum absolute atomic E-state index is 0.349. The van der Waals surface area contributed by atoms with Crippen molar-refractivity contribution >= 4 is 5.97 Å². The topological polar surface area (TPSA) is 37.3 Å². The second-order valence-corrected chi connectivity index (χ2v) is 6.65. The predicted molar refractivity (Wildman–Crippen MR) is 84.9 cm³/mol. The fraction of sp³-hybridized carbons (Fsp3) is 0.944. The van der Waals surface area contributed by atoms with E-state index in [4.69, 9.17) is 5.11 Å². The second-order valence-electron chi connectivity index (χ2n) is 6.65. The summed E-state index contributed by atoms with van der Waals surface area (Å²) in [6.07, 6.45) is 17.7. The van der Waals surface area contributed by atoms with Gasteiger partial charge in [-0.3, -0.25) is 4.79 Å². The molecule has 0 radical (unpaired) electrons. The summed E-state index contributed by atoms with van der Waals surface area (Å²) in [6, 6.07) is 0. The standard InChI is InChI=1S/C18H34O2/c1-2-3-7-11-16-13-10-14-17(16)12-8-5-4-6-9-15-18(19)20/h16-17H,2-15H2,1H3,(H,19,20). The number of carbonyl (C=O) groups is 1. The van der Waals surface area contributed by atoms with Gasteiger partial charge in [-0.2, -0.15) is 0 Å². The molecule has 0 spiro atoms. The summed E-state index contributed by atoms with van der Waals surface area (Å²) in [5, 5.41) is 8.58. The summed E-state index contributed by atoms with van der Waals surface area (Å²) in [5.41, 5.74) is 0. The number of unbranched alkanes of at least 4 members (excludes halogenated alkanes) is 6. The Bertz CT molecular complexity index is 250. The molecule has 0 aliphatic heterocycles. The Labute approximate surface area is 125 Å². The van der Waals surface area contributed by atoms with Crippen LogP contribution in [-0.4, -0.2) is 11.1 Å². The van der Waals surface area contributed by atoms with Crippen LogP contribution >= 0.6 is 0 Å². The zero-order chi connectivity index (χ0) is 14.6. The summed E-state index contributed by atoms with van der Waals surface area (Å²) >= 11 is 0. The van der Waals surface area contributed by atoms with Crippen LogP contribution in [0.5, 0.6) is 0 Å². The van der Waals surface area contributed by atoms with Crippen LogP contribution in [-0.2, 0) is 4.79 Å². The molecule has 0 heterocycles. The van der Waals surface area contributed by atoms with Crippen LogP contribution < -0.4 is 0 Å². The average Bonchev–Trinajstić information content (AvgIpc) is 2.85. The van der Waals surface area contributed by atoms with Crippen LogP contribution in [0.3, 0.4) is 0 Å². The van der Waals surface area contributed by atoms with Gasteiger partial charge in [0.2, 0.25) is 0 Å². The highest BCUT2D eigenvalue weighted by Crippen LogP contribution is 2.38. The van der Waals surface area contributed by atoms with Crippen LogP contribution in [0.25, 0.3) is 0 Å². The molecule has 1 aliphatic rings. The molecule has 2 atom stereocenters. The molecule has 0 saturated heterocycles. The van der Waals surface area contributed by atoms with Crippen molar-refractivity contribution in [2.24, 2.45) is 11.8 Å². The first-order valence-corrected chi connectivity index (χ1v) is 8.95. The summed E-state index contributed by atoms with van der Waals surface area (Å²) in [6.45, 7) is 2.29. The summed E-state index contributed by atoms with van der Waals surface area (Å²) in [7, 11) is 0. The van der Waals surface area contributed by atoms with E-state index in [1.165, 1.54) is 70.6 Å². The zero-order valence-corrected chi connectivity index (χ0v) is 13.4. The number of rotatable bonds is 12. The smallest absolute Gasteiger partial charge is 0.303 e. The Hall–Kier alpha value is -0.530. The van der Waals surface area contributed by atoms with E-state index in [9.17, 15) is 4.79 Å². The summed E-state index contributed by atoms with van der Waals surface area (Å²) in [5.74, 6) is 1.38. The maximum absolute atomic E-state index is 10.4. The quantitative estimate of drug-likeness (QED) is 0.459. The predicted octanol–water partition coefficient (Wildman–Crippen LogP) is 5.80. The molecular weight excluding hydrogens is 248 g/mol. The van der Waals surface area contributed by atoms with Crippen LogP contribution in [0, 0.1) is 11.8 Å². The van der Waals surface area contributed by atoms with Gasteiger partial charge in [-0.15, -0.1) is 0 Å². The number of carboxylic acid groups (broad SMARTS) is 1. The fourth-order valence-electron chi connectivity index (χ4n) is 3.74. The van der Waals surface area contributed by atoms with Crippen LogP contribution in [0.4, 0.5) is 0 Å². The van der Waals surface area contributed by atoms with Crippen molar-refractivity contribution < 1.29 is 9.90 Å². The van der Waals surface area contributed by atoms with Gasteiger partial charge in [-0.05, 0) is 18.3 Å². The maximum atomic E-state index is 10.4. The van der Waals surface area contributed by atoms with Gasteiger partial charge in [0.25, 0.3) is 0 Å². The first-order chi connectivity index (χ1) is 9.74. The van der Waals surface area contributed by atoms with E-state index in [2.05, 4.69) is 6.92 Å². The lowest BCUT2D eigenvalue weighted by atomic mass is 9.87. The number of carboxylic acids is 1. The van der Waals surface area contributed by atoms with E-state index >= 15 is 0 Å². The van der Waals surface area contributed by atoms with E-state index in [1.807, 2.05) is 0 Å². The zero-order valence-electron chi connectivity index (χ0n) is 13.4. The summed E-state index contributed by atoms with van der Waals surface area (Å²) < 4.78 is 0. The molecule has 0 aromatic carbocycles. The first-order valence-electron chi connectivity index (χ1n) is 8.95. The molecule has 1 aliphatic carbocycles. The van der Waals surface area contributed by atoms with E-state index < -0.39 is 5.97 Å². The van der Waals surface area contributed by atoms with Crippen LogP contribution in [0.1, 0.15) is 96.8 Å². The van der Waals surface area contributed by atoms with Crippen molar-refractivity contribution in [1.29, 1.82) is 0 Å². The molecule has 0 amide bonds. The third kappa shape index (κ3) is 7.91. The fourth-order valence-corrected chi connectivity index (χ4v) is 3.74. The minimum atomic E-state index is -0.647. The number of hydrogen-bond donors (Lipinski definition) is 1. The first kappa shape index (κ1) is 17.5. The van der Waals surface area contributed by atoms with Crippen molar-refractivity contribution in [3.63, 3.8) is 0 Å². The summed E-state index contributed by atoms with van der Waals surface area (Å²) in [4.78, 5) is 10.4. The van der Waals surface area contributed by atoms with Crippen molar-refractivity contribution in [3.8, 4) is 0 Å². The Morgan fingerprint density at radius 3 is 2.05 bits per heavy atom. The minimum Gasteiger partial charge on any atom is -0.481 e. The average molecular weight is 282 g/mol. The Kier molecular flexibility index (Phi) is 9.78. The molecule has 118 valence electrons. The van der Waals surface area contributed by atoms with E-state index in [-0.39, 0.29) is 0 Å². The molecule has 0 aromatic heterocycles.